The Kier molecular flexibility index (Phi) is 6.97. The quantitative estimate of drug-likeness (QED) is 0.308. The molecule has 3 aromatic carbocycles. The molecule has 162 valence electrons. The van der Waals surface area contributed by atoms with Gasteiger partial charge in [0.2, 0.25) is 0 Å². The fraction of sp³-hybridized carbons (Fsp3) is 0.0435. The van der Waals surface area contributed by atoms with E-state index in [-0.39, 0.29) is 16.9 Å². The molecule has 0 atom stereocenters. The van der Waals surface area contributed by atoms with Crippen LogP contribution in [0.1, 0.15) is 21.5 Å². The Morgan fingerprint density at radius 2 is 1.81 bits per heavy atom. The van der Waals surface area contributed by atoms with Crippen LogP contribution in [-0.4, -0.2) is 16.7 Å². The van der Waals surface area contributed by atoms with Crippen LogP contribution in [0.2, 0.25) is 5.02 Å². The molecule has 0 bridgehead atoms. The van der Waals surface area contributed by atoms with Crippen LogP contribution >= 0.6 is 11.6 Å². The lowest BCUT2D eigenvalue weighted by Gasteiger charge is -2.13. The molecule has 3 rings (SSSR count). The van der Waals surface area contributed by atoms with Gasteiger partial charge in [0.25, 0.3) is 17.5 Å². The summed E-state index contributed by atoms with van der Waals surface area (Å²) in [5.41, 5.74) is 0.755. The Bertz CT molecular complexity index is 1240. The van der Waals surface area contributed by atoms with Gasteiger partial charge in [0, 0.05) is 22.8 Å². The number of carbonyl (C=O) groups excluding carboxylic acids is 2. The maximum Gasteiger partial charge on any atom is 0.272 e. The standard InChI is InChI=1S/C23H17ClFN3O4/c1-14-11-16(24)9-10-20(14)26-23(30)21(13-15-5-4-6-17(12-15)28(31)32)27-22(29)18-7-2-3-8-19(18)25/h2-13H,1H3,(H,26,30)(H,27,29)/b21-13-. The second-order valence-electron chi connectivity index (χ2n) is 6.76. The third-order valence-corrected chi connectivity index (χ3v) is 4.68. The van der Waals surface area contributed by atoms with E-state index in [0.717, 1.165) is 6.07 Å². The summed E-state index contributed by atoms with van der Waals surface area (Å²) in [5.74, 6) is -2.30. The van der Waals surface area contributed by atoms with Crippen LogP contribution in [0.25, 0.3) is 6.08 Å². The first kappa shape index (κ1) is 22.6. The van der Waals surface area contributed by atoms with Gasteiger partial charge in [-0.25, -0.2) is 4.39 Å². The number of nitro benzene ring substituents is 1. The number of halogens is 2. The number of hydrogen-bond acceptors (Lipinski definition) is 4. The summed E-state index contributed by atoms with van der Waals surface area (Å²) in [4.78, 5) is 36.1. The summed E-state index contributed by atoms with van der Waals surface area (Å²) in [6.07, 6.45) is 1.27. The third kappa shape index (κ3) is 5.55. The van der Waals surface area contributed by atoms with E-state index in [2.05, 4.69) is 10.6 Å². The fourth-order valence-electron chi connectivity index (χ4n) is 2.85. The average molecular weight is 454 g/mol. The van der Waals surface area contributed by atoms with Crippen LogP contribution < -0.4 is 10.6 Å². The van der Waals surface area contributed by atoms with E-state index >= 15 is 0 Å². The summed E-state index contributed by atoms with van der Waals surface area (Å²) >= 11 is 5.94. The zero-order valence-corrected chi connectivity index (χ0v) is 17.5. The second kappa shape index (κ2) is 9.84. The summed E-state index contributed by atoms with van der Waals surface area (Å²) in [6.45, 7) is 1.74. The molecule has 0 radical (unpaired) electrons. The van der Waals surface area contributed by atoms with E-state index in [1.54, 1.807) is 25.1 Å². The van der Waals surface area contributed by atoms with Gasteiger partial charge in [0.15, 0.2) is 0 Å². The minimum absolute atomic E-state index is 0.188. The Morgan fingerprint density at radius 1 is 1.06 bits per heavy atom. The molecular weight excluding hydrogens is 437 g/mol. The summed E-state index contributed by atoms with van der Waals surface area (Å²) in [6, 6.07) is 15.7. The van der Waals surface area contributed by atoms with Crippen molar-refractivity contribution >= 4 is 40.9 Å². The van der Waals surface area contributed by atoms with Gasteiger partial charge in [-0.1, -0.05) is 35.9 Å². The summed E-state index contributed by atoms with van der Waals surface area (Å²) in [7, 11) is 0. The molecule has 3 aromatic rings. The predicted molar refractivity (Wildman–Crippen MR) is 120 cm³/mol. The number of nitro groups is 1. The maximum atomic E-state index is 14.0. The van der Waals surface area contributed by atoms with Gasteiger partial charge in [-0.15, -0.1) is 0 Å². The molecular formula is C23H17ClFN3O4. The molecule has 0 unspecified atom stereocenters. The summed E-state index contributed by atoms with van der Waals surface area (Å²) in [5, 5.41) is 16.6. The minimum Gasteiger partial charge on any atom is -0.320 e. The highest BCUT2D eigenvalue weighted by atomic mass is 35.5. The largest absolute Gasteiger partial charge is 0.320 e. The average Bonchev–Trinajstić information content (AvgIpc) is 2.75. The van der Waals surface area contributed by atoms with Crippen molar-refractivity contribution in [2.24, 2.45) is 0 Å². The molecule has 0 saturated carbocycles. The smallest absolute Gasteiger partial charge is 0.272 e. The lowest BCUT2D eigenvalue weighted by Crippen LogP contribution is -2.31. The van der Waals surface area contributed by atoms with E-state index in [9.17, 15) is 24.1 Å². The molecule has 0 aliphatic carbocycles. The van der Waals surface area contributed by atoms with Crippen molar-refractivity contribution in [1.29, 1.82) is 0 Å². The van der Waals surface area contributed by atoms with Crippen LogP contribution in [0.5, 0.6) is 0 Å². The number of carbonyl (C=O) groups is 2. The van der Waals surface area contributed by atoms with Crippen molar-refractivity contribution in [3.05, 3.63) is 110 Å². The zero-order valence-electron chi connectivity index (χ0n) is 16.8. The molecule has 32 heavy (non-hydrogen) atoms. The van der Waals surface area contributed by atoms with Crippen molar-refractivity contribution < 1.29 is 18.9 Å². The van der Waals surface area contributed by atoms with E-state index in [4.69, 9.17) is 11.6 Å². The van der Waals surface area contributed by atoms with Crippen molar-refractivity contribution in [1.82, 2.24) is 5.32 Å². The highest BCUT2D eigenvalue weighted by Crippen LogP contribution is 2.21. The molecule has 2 amide bonds. The van der Waals surface area contributed by atoms with Gasteiger partial charge in [0.1, 0.15) is 11.5 Å². The maximum absolute atomic E-state index is 14.0. The van der Waals surface area contributed by atoms with Gasteiger partial charge in [-0.2, -0.15) is 0 Å². The van der Waals surface area contributed by atoms with Crippen LogP contribution in [0.4, 0.5) is 15.8 Å². The molecule has 0 aliphatic heterocycles. The van der Waals surface area contributed by atoms with Gasteiger partial charge in [-0.05, 0) is 54.5 Å². The van der Waals surface area contributed by atoms with Crippen LogP contribution in [0.3, 0.4) is 0 Å². The lowest BCUT2D eigenvalue weighted by molar-refractivity contribution is -0.384. The second-order valence-corrected chi connectivity index (χ2v) is 7.19. The molecule has 0 fully saturated rings. The minimum atomic E-state index is -0.845. The number of hydrogen-bond donors (Lipinski definition) is 2. The number of amides is 2. The Balaban J connectivity index is 1.97. The topological polar surface area (TPSA) is 101 Å². The van der Waals surface area contributed by atoms with Crippen LogP contribution in [-0.2, 0) is 4.79 Å². The Morgan fingerprint density at radius 3 is 2.50 bits per heavy atom. The first-order valence-corrected chi connectivity index (χ1v) is 9.72. The lowest BCUT2D eigenvalue weighted by atomic mass is 10.1. The van der Waals surface area contributed by atoms with E-state index in [1.165, 1.54) is 48.5 Å². The third-order valence-electron chi connectivity index (χ3n) is 4.44. The summed E-state index contributed by atoms with van der Waals surface area (Å²) < 4.78 is 14.0. The number of benzene rings is 3. The molecule has 0 aromatic heterocycles. The van der Waals surface area contributed by atoms with Gasteiger partial charge in [-0.3, -0.25) is 19.7 Å². The van der Waals surface area contributed by atoms with Crippen molar-refractivity contribution in [2.45, 2.75) is 6.92 Å². The highest BCUT2D eigenvalue weighted by molar-refractivity contribution is 6.30. The van der Waals surface area contributed by atoms with Crippen LogP contribution in [0, 0.1) is 22.9 Å². The molecule has 0 aliphatic rings. The first-order valence-electron chi connectivity index (χ1n) is 9.34. The molecule has 7 nitrogen and oxygen atoms in total. The van der Waals surface area contributed by atoms with Crippen molar-refractivity contribution in [2.75, 3.05) is 5.32 Å². The number of nitrogens with one attached hydrogen (secondary N) is 2. The van der Waals surface area contributed by atoms with Crippen molar-refractivity contribution in [3.63, 3.8) is 0 Å². The molecule has 9 heteroatoms. The van der Waals surface area contributed by atoms with E-state index < -0.39 is 22.6 Å². The van der Waals surface area contributed by atoms with Gasteiger partial charge >= 0.3 is 0 Å². The number of rotatable bonds is 6. The molecule has 0 spiro atoms. The predicted octanol–water partition coefficient (Wildman–Crippen LogP) is 5.11. The fourth-order valence-corrected chi connectivity index (χ4v) is 3.07. The first-order chi connectivity index (χ1) is 15.2. The van der Waals surface area contributed by atoms with Gasteiger partial charge in [0.05, 0.1) is 10.5 Å². The van der Waals surface area contributed by atoms with E-state index in [0.29, 0.717) is 21.8 Å². The Labute approximate surface area is 187 Å². The van der Waals surface area contributed by atoms with Crippen molar-refractivity contribution in [3.8, 4) is 0 Å². The number of non-ortho nitro benzene ring substituents is 1. The van der Waals surface area contributed by atoms with E-state index in [1.807, 2.05) is 0 Å². The Hall–Kier alpha value is -4.04. The number of aryl methyl sites for hydroxylation is 1. The number of nitrogens with zero attached hydrogens (tertiary/aromatic N) is 1. The molecule has 2 N–H and O–H groups in total. The monoisotopic (exact) mass is 453 g/mol. The normalized spacial score (nSPS) is 11.0. The SMILES string of the molecule is Cc1cc(Cl)ccc1NC(=O)/C(=C/c1cccc([N+](=O)[O-])c1)NC(=O)c1ccccc1F. The highest BCUT2D eigenvalue weighted by Gasteiger charge is 2.18. The molecule has 0 heterocycles. The van der Waals surface area contributed by atoms with Crippen LogP contribution in [0.15, 0.2) is 72.4 Å². The van der Waals surface area contributed by atoms with Gasteiger partial charge < -0.3 is 10.6 Å². The number of anilines is 1. The molecule has 0 saturated heterocycles. The zero-order chi connectivity index (χ0) is 23.3.